The van der Waals surface area contributed by atoms with Crippen molar-refractivity contribution in [3.8, 4) is 0 Å². The molecule has 1 saturated heterocycles. The van der Waals surface area contributed by atoms with E-state index in [0.29, 0.717) is 0 Å². The zero-order chi connectivity index (χ0) is 16.8. The highest BCUT2D eigenvalue weighted by atomic mass is 32.1. The summed E-state index contributed by atoms with van der Waals surface area (Å²) >= 11 is 1.78. The molecule has 0 spiro atoms. The predicted octanol–water partition coefficient (Wildman–Crippen LogP) is 1.49. The quantitative estimate of drug-likeness (QED) is 0.854. The summed E-state index contributed by atoms with van der Waals surface area (Å²) in [4.78, 5) is 29.7. The number of urea groups is 1. The Hall–Kier alpha value is -1.44. The van der Waals surface area contributed by atoms with E-state index >= 15 is 0 Å². The molecule has 1 fully saturated rings. The molecule has 1 aromatic rings. The molecule has 1 aliphatic heterocycles. The second kappa shape index (κ2) is 8.42. The number of hydrogen-bond donors (Lipinski definition) is 2. The van der Waals surface area contributed by atoms with Crippen LogP contribution in [0.25, 0.3) is 0 Å². The number of carbonyl (C=O) groups excluding carboxylic acids is 2. The predicted molar refractivity (Wildman–Crippen MR) is 92.4 cm³/mol. The van der Waals surface area contributed by atoms with E-state index in [1.54, 1.807) is 11.3 Å². The maximum Gasteiger partial charge on any atom is 0.321 e. The summed E-state index contributed by atoms with van der Waals surface area (Å²) in [6, 6.07) is 3.52. The third-order valence-corrected chi connectivity index (χ3v) is 4.81. The molecule has 1 aromatic heterocycles. The number of rotatable bonds is 5. The molecule has 2 N–H and O–H groups in total. The Morgan fingerprint density at radius 3 is 2.48 bits per heavy atom. The fourth-order valence-electron chi connectivity index (χ4n) is 2.61. The number of amides is 3. The zero-order valence-corrected chi connectivity index (χ0v) is 14.9. The molecule has 0 aliphatic carbocycles. The first-order valence-electron chi connectivity index (χ1n) is 8.06. The molecule has 3 amide bonds. The van der Waals surface area contributed by atoms with Gasteiger partial charge in [-0.25, -0.2) is 4.79 Å². The van der Waals surface area contributed by atoms with Crippen LogP contribution in [0.2, 0.25) is 0 Å². The highest BCUT2D eigenvalue weighted by Crippen LogP contribution is 2.14. The van der Waals surface area contributed by atoms with Gasteiger partial charge in [0.05, 0.1) is 6.04 Å². The van der Waals surface area contributed by atoms with Crippen LogP contribution in [0.4, 0.5) is 4.79 Å². The number of nitrogens with zero attached hydrogens (tertiary/aromatic N) is 2. The minimum atomic E-state index is -0.423. The van der Waals surface area contributed by atoms with Gasteiger partial charge in [0.1, 0.15) is 0 Å². The third-order valence-electron chi connectivity index (χ3n) is 3.95. The van der Waals surface area contributed by atoms with Gasteiger partial charge in [-0.05, 0) is 32.2 Å². The maximum atomic E-state index is 12.1. The van der Waals surface area contributed by atoms with Gasteiger partial charge in [0.25, 0.3) is 0 Å². The summed E-state index contributed by atoms with van der Waals surface area (Å²) in [5.41, 5.74) is 0. The fourth-order valence-corrected chi connectivity index (χ4v) is 3.36. The van der Waals surface area contributed by atoms with E-state index < -0.39 is 6.03 Å². The van der Waals surface area contributed by atoms with Crippen molar-refractivity contribution in [1.29, 1.82) is 0 Å². The Morgan fingerprint density at radius 2 is 1.91 bits per heavy atom. The molecule has 0 saturated carbocycles. The number of piperazine rings is 1. The Labute approximate surface area is 141 Å². The molecule has 1 aliphatic rings. The Bertz CT molecular complexity index is 510. The molecule has 0 bridgehead atoms. The van der Waals surface area contributed by atoms with Crippen LogP contribution in [0.15, 0.2) is 17.5 Å². The zero-order valence-electron chi connectivity index (χ0n) is 14.0. The lowest BCUT2D eigenvalue weighted by molar-refractivity contribution is -0.125. The molecule has 1 atom stereocenters. The van der Waals surface area contributed by atoms with Crippen LogP contribution in [0.3, 0.4) is 0 Å². The van der Waals surface area contributed by atoms with Crippen LogP contribution in [0.5, 0.6) is 0 Å². The van der Waals surface area contributed by atoms with Gasteiger partial charge < -0.3 is 5.32 Å². The van der Waals surface area contributed by atoms with E-state index in [0.717, 1.165) is 32.7 Å². The smallest absolute Gasteiger partial charge is 0.321 e. The normalized spacial score (nSPS) is 17.9. The van der Waals surface area contributed by atoms with Crippen molar-refractivity contribution < 1.29 is 9.59 Å². The van der Waals surface area contributed by atoms with Crippen molar-refractivity contribution in [3.63, 3.8) is 0 Å². The van der Waals surface area contributed by atoms with Gasteiger partial charge in [-0.2, -0.15) is 0 Å². The highest BCUT2D eigenvalue weighted by Gasteiger charge is 2.26. The molecule has 128 valence electrons. The SMILES string of the molecule is CC(C)NC(=O)NC(=O)C(C)N1CCN(Cc2cccs2)CC1. The molecule has 23 heavy (non-hydrogen) atoms. The van der Waals surface area contributed by atoms with E-state index in [4.69, 9.17) is 0 Å². The number of carbonyl (C=O) groups is 2. The monoisotopic (exact) mass is 338 g/mol. The number of hydrogen-bond acceptors (Lipinski definition) is 5. The second-order valence-corrected chi connectivity index (χ2v) is 7.22. The Kier molecular flexibility index (Phi) is 6.56. The molecule has 1 unspecified atom stereocenters. The summed E-state index contributed by atoms with van der Waals surface area (Å²) < 4.78 is 0. The van der Waals surface area contributed by atoms with Crippen LogP contribution in [0, 0.1) is 0 Å². The molecule has 2 heterocycles. The van der Waals surface area contributed by atoms with Gasteiger partial charge in [-0.1, -0.05) is 6.07 Å². The molecular formula is C16H26N4O2S. The number of nitrogens with one attached hydrogen (secondary N) is 2. The topological polar surface area (TPSA) is 64.7 Å². The molecule has 2 rings (SSSR count). The van der Waals surface area contributed by atoms with Crippen LogP contribution in [-0.4, -0.2) is 60.0 Å². The average molecular weight is 338 g/mol. The van der Waals surface area contributed by atoms with Crippen molar-refractivity contribution in [2.75, 3.05) is 26.2 Å². The van der Waals surface area contributed by atoms with Crippen molar-refractivity contribution in [2.45, 2.75) is 39.4 Å². The maximum absolute atomic E-state index is 12.1. The van der Waals surface area contributed by atoms with E-state index in [2.05, 4.69) is 37.9 Å². The van der Waals surface area contributed by atoms with Crippen LogP contribution < -0.4 is 10.6 Å². The second-order valence-electron chi connectivity index (χ2n) is 6.18. The average Bonchev–Trinajstić information content (AvgIpc) is 2.99. The standard InChI is InChI=1S/C16H26N4O2S/c1-12(2)17-16(22)18-15(21)13(3)20-8-6-19(7-9-20)11-14-5-4-10-23-14/h4-5,10,12-13H,6-9,11H2,1-3H3,(H2,17,18,21,22). The van der Waals surface area contributed by atoms with Crippen molar-refractivity contribution >= 4 is 23.3 Å². The van der Waals surface area contributed by atoms with Crippen LogP contribution >= 0.6 is 11.3 Å². The van der Waals surface area contributed by atoms with Gasteiger partial charge in [-0.3, -0.25) is 19.9 Å². The first-order valence-corrected chi connectivity index (χ1v) is 8.94. The van der Waals surface area contributed by atoms with Crippen molar-refractivity contribution in [3.05, 3.63) is 22.4 Å². The molecule has 6 nitrogen and oxygen atoms in total. The summed E-state index contributed by atoms with van der Waals surface area (Å²) in [5, 5.41) is 7.18. The van der Waals surface area contributed by atoms with E-state index in [9.17, 15) is 9.59 Å². The molecule has 7 heteroatoms. The lowest BCUT2D eigenvalue weighted by Crippen LogP contribution is -2.55. The van der Waals surface area contributed by atoms with Gasteiger partial charge in [0, 0.05) is 43.6 Å². The van der Waals surface area contributed by atoms with Gasteiger partial charge in [0.15, 0.2) is 0 Å². The minimum Gasteiger partial charge on any atom is -0.336 e. The largest absolute Gasteiger partial charge is 0.336 e. The summed E-state index contributed by atoms with van der Waals surface area (Å²) in [5.74, 6) is -0.241. The summed E-state index contributed by atoms with van der Waals surface area (Å²) in [6.07, 6.45) is 0. The highest BCUT2D eigenvalue weighted by molar-refractivity contribution is 7.09. The molecular weight excluding hydrogens is 312 g/mol. The minimum absolute atomic E-state index is 0.0129. The number of thiophene rings is 1. The lowest BCUT2D eigenvalue weighted by Gasteiger charge is -2.37. The van der Waals surface area contributed by atoms with Gasteiger partial charge in [0.2, 0.25) is 5.91 Å². The van der Waals surface area contributed by atoms with Crippen molar-refractivity contribution in [2.24, 2.45) is 0 Å². The molecule has 0 aromatic carbocycles. The third kappa shape index (κ3) is 5.60. The fraction of sp³-hybridized carbons (Fsp3) is 0.625. The Morgan fingerprint density at radius 1 is 1.22 bits per heavy atom. The van der Waals surface area contributed by atoms with E-state index in [1.807, 2.05) is 20.8 Å². The summed E-state index contributed by atoms with van der Waals surface area (Å²) in [6.45, 7) is 10.1. The lowest BCUT2D eigenvalue weighted by atomic mass is 10.2. The Balaban J connectivity index is 1.75. The van der Waals surface area contributed by atoms with Gasteiger partial charge >= 0.3 is 6.03 Å². The van der Waals surface area contributed by atoms with E-state index in [-0.39, 0.29) is 18.0 Å². The van der Waals surface area contributed by atoms with E-state index in [1.165, 1.54) is 4.88 Å². The van der Waals surface area contributed by atoms with Gasteiger partial charge in [-0.15, -0.1) is 11.3 Å². The van der Waals surface area contributed by atoms with Crippen LogP contribution in [-0.2, 0) is 11.3 Å². The molecule has 0 radical (unpaired) electrons. The first-order chi connectivity index (χ1) is 11.0. The van der Waals surface area contributed by atoms with Crippen molar-refractivity contribution in [1.82, 2.24) is 20.4 Å². The first kappa shape index (κ1) is 17.9. The summed E-state index contributed by atoms with van der Waals surface area (Å²) in [7, 11) is 0. The number of imide groups is 1. The van der Waals surface area contributed by atoms with Crippen LogP contribution in [0.1, 0.15) is 25.6 Å².